The predicted molar refractivity (Wildman–Crippen MR) is 139 cm³/mol. The van der Waals surface area contributed by atoms with Crippen LogP contribution in [0.4, 0.5) is 0 Å². The summed E-state index contributed by atoms with van der Waals surface area (Å²) >= 11 is 0. The van der Waals surface area contributed by atoms with Crippen LogP contribution in [-0.2, 0) is 18.6 Å². The lowest BCUT2D eigenvalue weighted by atomic mass is 9.92. The summed E-state index contributed by atoms with van der Waals surface area (Å²) in [6.45, 7) is 16.2. The SMILES string of the molecule is C=C[C@](C)(O)[C@H](OC)[C@H]1OC(C)(C)O[C@H]1CO[Si](c1ccccc1)(c1ccccc1)C(C)(C)C. The first-order chi connectivity index (χ1) is 15.9. The first-order valence-corrected chi connectivity index (χ1v) is 13.8. The van der Waals surface area contributed by atoms with Crippen molar-refractivity contribution in [1.29, 1.82) is 0 Å². The number of ether oxygens (including phenoxy) is 3. The van der Waals surface area contributed by atoms with E-state index in [1.165, 1.54) is 16.4 Å². The van der Waals surface area contributed by atoms with Crippen LogP contribution in [0.15, 0.2) is 73.3 Å². The third-order valence-electron chi connectivity index (χ3n) is 6.64. The minimum Gasteiger partial charge on any atom is -0.405 e. The summed E-state index contributed by atoms with van der Waals surface area (Å²) in [5, 5.41) is 13.2. The highest BCUT2D eigenvalue weighted by Gasteiger charge is 2.54. The van der Waals surface area contributed by atoms with E-state index in [9.17, 15) is 5.11 Å². The standard InChI is InChI=1S/C28H40O5Si/c1-9-28(7,29)25(30-8)24-23(32-27(5,6)33-24)20-31-34(26(2,3)4,21-16-12-10-13-17-21)22-18-14-11-15-19-22/h9-19,23-25,29H,1,20H2,2-8H3/t23-,24-,25+,28-/m0/s1. The largest absolute Gasteiger partial charge is 0.405 e. The van der Waals surface area contributed by atoms with Gasteiger partial charge in [-0.2, -0.15) is 0 Å². The van der Waals surface area contributed by atoms with E-state index in [0.717, 1.165) is 0 Å². The van der Waals surface area contributed by atoms with Gasteiger partial charge in [0.15, 0.2) is 5.79 Å². The quantitative estimate of drug-likeness (QED) is 0.430. The van der Waals surface area contributed by atoms with E-state index < -0.39 is 38.0 Å². The van der Waals surface area contributed by atoms with Gasteiger partial charge in [-0.3, -0.25) is 0 Å². The molecule has 3 rings (SSSR count). The van der Waals surface area contributed by atoms with Crippen LogP contribution in [0.2, 0.25) is 5.04 Å². The van der Waals surface area contributed by atoms with Gasteiger partial charge in [-0.1, -0.05) is 87.5 Å². The fourth-order valence-corrected chi connectivity index (χ4v) is 9.61. The molecule has 4 atom stereocenters. The molecule has 1 N–H and O–H groups in total. The Morgan fingerprint density at radius 3 is 1.91 bits per heavy atom. The van der Waals surface area contributed by atoms with Gasteiger partial charge in [-0.15, -0.1) is 6.58 Å². The highest BCUT2D eigenvalue weighted by molar-refractivity contribution is 6.99. The van der Waals surface area contributed by atoms with Gasteiger partial charge in [0.1, 0.15) is 23.9 Å². The molecule has 34 heavy (non-hydrogen) atoms. The summed E-state index contributed by atoms with van der Waals surface area (Å²) in [6.07, 6.45) is -0.158. The van der Waals surface area contributed by atoms with Gasteiger partial charge >= 0.3 is 0 Å². The van der Waals surface area contributed by atoms with Gasteiger partial charge in [-0.05, 0) is 36.2 Å². The van der Waals surface area contributed by atoms with Crippen molar-refractivity contribution in [3.05, 3.63) is 73.3 Å². The molecule has 186 valence electrons. The maximum Gasteiger partial charge on any atom is 0.261 e. The fraction of sp³-hybridized carbons (Fsp3) is 0.500. The van der Waals surface area contributed by atoms with Crippen molar-refractivity contribution in [2.75, 3.05) is 13.7 Å². The van der Waals surface area contributed by atoms with E-state index in [4.69, 9.17) is 18.6 Å². The first kappa shape index (κ1) is 26.8. The summed E-state index contributed by atoms with van der Waals surface area (Å²) in [5.74, 6) is -0.835. The number of aliphatic hydroxyl groups is 1. The second kappa shape index (κ2) is 10.1. The third kappa shape index (κ3) is 5.22. The first-order valence-electron chi connectivity index (χ1n) is 11.9. The van der Waals surface area contributed by atoms with Gasteiger partial charge in [0.25, 0.3) is 8.32 Å². The van der Waals surface area contributed by atoms with Crippen molar-refractivity contribution in [2.45, 2.75) is 76.3 Å². The lowest BCUT2D eigenvalue weighted by Gasteiger charge is -2.44. The molecule has 1 fully saturated rings. The Labute approximate surface area is 205 Å². The molecule has 0 spiro atoms. The average molecular weight is 485 g/mol. The van der Waals surface area contributed by atoms with Gasteiger partial charge < -0.3 is 23.7 Å². The van der Waals surface area contributed by atoms with Crippen LogP contribution in [0.3, 0.4) is 0 Å². The third-order valence-corrected chi connectivity index (χ3v) is 11.6. The zero-order chi connectivity index (χ0) is 25.2. The number of rotatable bonds is 9. The lowest BCUT2D eigenvalue weighted by molar-refractivity contribution is -0.173. The highest BCUT2D eigenvalue weighted by Crippen LogP contribution is 2.39. The topological polar surface area (TPSA) is 57.2 Å². The van der Waals surface area contributed by atoms with E-state index in [-0.39, 0.29) is 5.04 Å². The fourth-order valence-electron chi connectivity index (χ4n) is 5.04. The van der Waals surface area contributed by atoms with E-state index in [1.807, 2.05) is 26.0 Å². The second-order valence-electron chi connectivity index (χ2n) is 10.7. The van der Waals surface area contributed by atoms with E-state index in [2.05, 4.69) is 75.9 Å². The molecule has 2 aromatic rings. The minimum atomic E-state index is -2.75. The molecular weight excluding hydrogens is 444 g/mol. The van der Waals surface area contributed by atoms with Gasteiger partial charge in [0.05, 0.1) is 6.61 Å². The molecule has 0 unspecified atom stereocenters. The maximum atomic E-state index is 10.9. The molecule has 1 heterocycles. The summed E-state index contributed by atoms with van der Waals surface area (Å²) in [7, 11) is -1.18. The van der Waals surface area contributed by atoms with Crippen LogP contribution in [0, 0.1) is 0 Å². The predicted octanol–water partition coefficient (Wildman–Crippen LogP) is 4.04. The molecule has 5 nitrogen and oxygen atoms in total. The molecule has 0 radical (unpaired) electrons. The van der Waals surface area contributed by atoms with Gasteiger partial charge in [0, 0.05) is 7.11 Å². The Kier molecular flexibility index (Phi) is 7.92. The monoisotopic (exact) mass is 484 g/mol. The number of hydrogen-bond acceptors (Lipinski definition) is 5. The van der Waals surface area contributed by atoms with Crippen molar-refractivity contribution < 1.29 is 23.7 Å². The van der Waals surface area contributed by atoms with Crippen LogP contribution in [-0.4, -0.2) is 56.8 Å². The number of benzene rings is 2. The molecule has 1 saturated heterocycles. The summed E-state index contributed by atoms with van der Waals surface area (Å²) in [5.41, 5.74) is -1.29. The van der Waals surface area contributed by atoms with Crippen molar-refractivity contribution in [3.8, 4) is 0 Å². The van der Waals surface area contributed by atoms with Crippen molar-refractivity contribution >= 4 is 18.7 Å². The van der Waals surface area contributed by atoms with Crippen molar-refractivity contribution in [1.82, 2.24) is 0 Å². The van der Waals surface area contributed by atoms with Crippen molar-refractivity contribution in [3.63, 3.8) is 0 Å². The van der Waals surface area contributed by atoms with Gasteiger partial charge in [-0.25, -0.2) is 0 Å². The zero-order valence-electron chi connectivity index (χ0n) is 21.6. The molecule has 0 aromatic heterocycles. The summed E-state index contributed by atoms with van der Waals surface area (Å²) in [6, 6.07) is 21.0. The summed E-state index contributed by atoms with van der Waals surface area (Å²) < 4.78 is 25.4. The Morgan fingerprint density at radius 1 is 1.00 bits per heavy atom. The maximum absolute atomic E-state index is 10.9. The second-order valence-corrected chi connectivity index (χ2v) is 15.0. The van der Waals surface area contributed by atoms with Crippen LogP contribution in [0.1, 0.15) is 41.5 Å². The molecule has 1 aliphatic rings. The molecular formula is C28H40O5Si. The molecule has 2 aromatic carbocycles. The molecule has 0 saturated carbocycles. The van der Waals surface area contributed by atoms with Crippen LogP contribution in [0.25, 0.3) is 0 Å². The van der Waals surface area contributed by atoms with Crippen molar-refractivity contribution in [2.24, 2.45) is 0 Å². The van der Waals surface area contributed by atoms with Gasteiger partial charge in [0.2, 0.25) is 0 Å². The smallest absolute Gasteiger partial charge is 0.261 e. The number of methoxy groups -OCH3 is 1. The highest BCUT2D eigenvalue weighted by atomic mass is 28.4. The molecule has 0 aliphatic carbocycles. The summed E-state index contributed by atoms with van der Waals surface area (Å²) in [4.78, 5) is 0. The Balaban J connectivity index is 2.04. The normalized spacial score (nSPS) is 23.3. The van der Waals surface area contributed by atoms with E-state index in [0.29, 0.717) is 6.61 Å². The molecule has 0 amide bonds. The lowest BCUT2D eigenvalue weighted by Crippen LogP contribution is -2.67. The Morgan fingerprint density at radius 2 is 1.50 bits per heavy atom. The minimum absolute atomic E-state index is 0.159. The molecule has 1 aliphatic heterocycles. The van der Waals surface area contributed by atoms with Crippen LogP contribution >= 0.6 is 0 Å². The van der Waals surface area contributed by atoms with Crippen LogP contribution in [0.5, 0.6) is 0 Å². The van der Waals surface area contributed by atoms with E-state index >= 15 is 0 Å². The zero-order valence-corrected chi connectivity index (χ0v) is 22.6. The number of hydrogen-bond donors (Lipinski definition) is 1. The van der Waals surface area contributed by atoms with E-state index in [1.54, 1.807) is 14.0 Å². The molecule has 6 heteroatoms. The average Bonchev–Trinajstić information content (AvgIpc) is 3.09. The molecule has 0 bridgehead atoms. The Hall–Kier alpha value is -1.80. The Bertz CT molecular complexity index is 897. The van der Waals surface area contributed by atoms with Crippen LogP contribution < -0.4 is 10.4 Å².